The molecule has 0 aromatic heterocycles. The molecule has 1 nitrogen and oxygen atoms in total. The van der Waals surface area contributed by atoms with Crippen molar-refractivity contribution >= 4 is 12.4 Å². The second-order valence-corrected chi connectivity index (χ2v) is 2.67. The van der Waals surface area contributed by atoms with Crippen LogP contribution in [0.1, 0.15) is 25.7 Å². The lowest BCUT2D eigenvalue weighted by molar-refractivity contribution is 0.716. The summed E-state index contributed by atoms with van der Waals surface area (Å²) in [5.41, 5.74) is 4.50. The maximum absolute atomic E-state index is 4.50. The van der Waals surface area contributed by atoms with Crippen LogP contribution < -0.4 is 5.73 Å². The molecule has 56 valence electrons. The molecule has 2 saturated carbocycles. The number of hydrogen-bond donors (Lipinski definition) is 1. The van der Waals surface area contributed by atoms with Crippen molar-refractivity contribution in [3.05, 3.63) is 0 Å². The fourth-order valence-electron chi connectivity index (χ4n) is 1.14. The molecule has 0 atom stereocenters. The monoisotopic (exact) mass is 149 g/mol. The number of rotatable bonds is 1. The first-order valence-electron chi connectivity index (χ1n) is 3.54. The molecule has 0 aromatic carbocycles. The van der Waals surface area contributed by atoms with Gasteiger partial charge < -0.3 is 5.73 Å². The summed E-state index contributed by atoms with van der Waals surface area (Å²) >= 11 is 0. The highest BCUT2D eigenvalue weighted by molar-refractivity contribution is 5.85. The van der Waals surface area contributed by atoms with Crippen LogP contribution in [0.3, 0.4) is 0 Å². The highest BCUT2D eigenvalue weighted by Gasteiger charge is 2.37. The second-order valence-electron chi connectivity index (χ2n) is 2.67. The first-order valence-corrected chi connectivity index (χ1v) is 3.54. The Hall–Kier alpha value is 0.250. The Bertz CT molecular complexity index is 57.3. The zero-order valence-corrected chi connectivity index (χ0v) is 6.79. The molecule has 2 fully saturated rings. The van der Waals surface area contributed by atoms with Crippen molar-refractivity contribution in [2.45, 2.75) is 25.7 Å². The van der Waals surface area contributed by atoms with E-state index in [9.17, 15) is 0 Å². The quantitative estimate of drug-likeness (QED) is 0.605. The van der Waals surface area contributed by atoms with Crippen LogP contribution in [-0.4, -0.2) is 7.05 Å². The van der Waals surface area contributed by atoms with Gasteiger partial charge in [-0.25, -0.2) is 0 Å². The van der Waals surface area contributed by atoms with E-state index in [1.54, 1.807) is 25.7 Å². The predicted octanol–water partition coefficient (Wildman–Crippen LogP) is 1.80. The van der Waals surface area contributed by atoms with Gasteiger partial charge in [0.2, 0.25) is 0 Å². The minimum absolute atomic E-state index is 0. The SMILES string of the molecule is C1CC1C1CC1.CN.Cl. The number of halogens is 1. The van der Waals surface area contributed by atoms with Gasteiger partial charge in [0.15, 0.2) is 0 Å². The minimum Gasteiger partial charge on any atom is -0.333 e. The van der Waals surface area contributed by atoms with Crippen LogP contribution in [0.2, 0.25) is 0 Å². The molecule has 0 spiro atoms. The lowest BCUT2D eigenvalue weighted by Gasteiger charge is -1.77. The molecule has 9 heavy (non-hydrogen) atoms. The molecule has 2 aliphatic carbocycles. The first kappa shape index (κ1) is 9.25. The Kier molecular flexibility index (Phi) is 4.24. The predicted molar refractivity (Wildman–Crippen MR) is 42.8 cm³/mol. The summed E-state index contributed by atoms with van der Waals surface area (Å²) in [6.07, 6.45) is 6.24. The molecule has 0 radical (unpaired) electrons. The molecule has 2 heteroatoms. The average molecular weight is 150 g/mol. The van der Waals surface area contributed by atoms with Crippen molar-refractivity contribution in [3.63, 3.8) is 0 Å². The molecule has 0 bridgehead atoms. The Balaban J connectivity index is 0.000000198. The maximum Gasteiger partial charge on any atom is -0.0195 e. The first-order chi connectivity index (χ1) is 3.97. The van der Waals surface area contributed by atoms with E-state index in [1.165, 1.54) is 18.9 Å². The molecule has 2 N–H and O–H groups in total. The molecule has 0 aromatic rings. The number of nitrogens with two attached hydrogens (primary N) is 1. The summed E-state index contributed by atoms with van der Waals surface area (Å²) in [4.78, 5) is 0. The molecule has 2 rings (SSSR count). The van der Waals surface area contributed by atoms with E-state index in [0.29, 0.717) is 0 Å². The molecular weight excluding hydrogens is 134 g/mol. The highest BCUT2D eigenvalue weighted by Crippen LogP contribution is 2.49. The van der Waals surface area contributed by atoms with Crippen molar-refractivity contribution < 1.29 is 0 Å². The van der Waals surface area contributed by atoms with Gasteiger partial charge in [0.05, 0.1) is 0 Å². The fraction of sp³-hybridized carbons (Fsp3) is 1.00. The third-order valence-electron chi connectivity index (χ3n) is 1.91. The summed E-state index contributed by atoms with van der Waals surface area (Å²) in [6, 6.07) is 0. The Morgan fingerprint density at radius 1 is 0.889 bits per heavy atom. The molecule has 0 amide bonds. The van der Waals surface area contributed by atoms with Crippen LogP contribution >= 0.6 is 12.4 Å². The van der Waals surface area contributed by atoms with Crippen LogP contribution in [0.15, 0.2) is 0 Å². The second kappa shape index (κ2) is 4.13. The minimum atomic E-state index is 0. The zero-order chi connectivity index (χ0) is 5.98. The third-order valence-corrected chi connectivity index (χ3v) is 1.91. The van der Waals surface area contributed by atoms with Gasteiger partial charge in [0, 0.05) is 0 Å². The van der Waals surface area contributed by atoms with Crippen molar-refractivity contribution in [3.8, 4) is 0 Å². The summed E-state index contributed by atoms with van der Waals surface area (Å²) in [6.45, 7) is 0. The van der Waals surface area contributed by atoms with Crippen molar-refractivity contribution in [1.82, 2.24) is 0 Å². The van der Waals surface area contributed by atoms with E-state index < -0.39 is 0 Å². The van der Waals surface area contributed by atoms with E-state index >= 15 is 0 Å². The zero-order valence-electron chi connectivity index (χ0n) is 5.97. The molecule has 2 aliphatic rings. The van der Waals surface area contributed by atoms with Gasteiger partial charge in [-0.15, -0.1) is 12.4 Å². The van der Waals surface area contributed by atoms with Crippen LogP contribution in [0.5, 0.6) is 0 Å². The van der Waals surface area contributed by atoms with Gasteiger partial charge >= 0.3 is 0 Å². The third kappa shape index (κ3) is 3.07. The van der Waals surface area contributed by atoms with Crippen molar-refractivity contribution in [2.24, 2.45) is 17.6 Å². The number of hydrogen-bond acceptors (Lipinski definition) is 1. The largest absolute Gasteiger partial charge is 0.333 e. The van der Waals surface area contributed by atoms with Gasteiger partial charge in [0.25, 0.3) is 0 Å². The summed E-state index contributed by atoms with van der Waals surface area (Å²) in [5.74, 6) is 2.43. The highest BCUT2D eigenvalue weighted by atomic mass is 35.5. The van der Waals surface area contributed by atoms with Crippen LogP contribution in [0.4, 0.5) is 0 Å². The van der Waals surface area contributed by atoms with Crippen LogP contribution in [0.25, 0.3) is 0 Å². The van der Waals surface area contributed by atoms with Crippen LogP contribution in [-0.2, 0) is 0 Å². The van der Waals surface area contributed by atoms with E-state index in [1.807, 2.05) is 0 Å². The van der Waals surface area contributed by atoms with Gasteiger partial charge in [-0.05, 0) is 44.6 Å². The summed E-state index contributed by atoms with van der Waals surface area (Å²) < 4.78 is 0. The Morgan fingerprint density at radius 3 is 1.22 bits per heavy atom. The molecule has 0 aliphatic heterocycles. The van der Waals surface area contributed by atoms with Crippen molar-refractivity contribution in [1.29, 1.82) is 0 Å². The normalized spacial score (nSPS) is 23.3. The van der Waals surface area contributed by atoms with E-state index in [-0.39, 0.29) is 12.4 Å². The van der Waals surface area contributed by atoms with Crippen LogP contribution in [0, 0.1) is 11.8 Å². The maximum atomic E-state index is 4.50. The fourth-order valence-corrected chi connectivity index (χ4v) is 1.14. The van der Waals surface area contributed by atoms with E-state index in [4.69, 9.17) is 0 Å². The van der Waals surface area contributed by atoms with E-state index in [2.05, 4.69) is 5.73 Å². The molecular formula is C7H16ClN. The van der Waals surface area contributed by atoms with Gasteiger partial charge in [-0.1, -0.05) is 0 Å². The summed E-state index contributed by atoms with van der Waals surface area (Å²) in [7, 11) is 1.50. The Morgan fingerprint density at radius 2 is 1.11 bits per heavy atom. The standard InChI is InChI=1S/C6H10.CH5N.ClH/c1-2-5(1)6-3-4-6;1-2;/h5-6H,1-4H2;2H2,1H3;1H. The van der Waals surface area contributed by atoms with Gasteiger partial charge in [-0.2, -0.15) is 0 Å². The molecule has 0 heterocycles. The van der Waals surface area contributed by atoms with Gasteiger partial charge in [-0.3, -0.25) is 0 Å². The molecule has 0 unspecified atom stereocenters. The summed E-state index contributed by atoms with van der Waals surface area (Å²) in [5, 5.41) is 0. The lowest BCUT2D eigenvalue weighted by Crippen LogP contribution is -1.70. The molecule has 0 saturated heterocycles. The van der Waals surface area contributed by atoms with Gasteiger partial charge in [0.1, 0.15) is 0 Å². The van der Waals surface area contributed by atoms with E-state index in [0.717, 1.165) is 0 Å². The average Bonchev–Trinajstić information content (AvgIpc) is 2.66. The lowest BCUT2D eigenvalue weighted by atomic mass is 10.3. The Labute approximate surface area is 63.4 Å². The topological polar surface area (TPSA) is 26.0 Å². The smallest absolute Gasteiger partial charge is 0.0195 e. The van der Waals surface area contributed by atoms with Crippen molar-refractivity contribution in [2.75, 3.05) is 7.05 Å².